The highest BCUT2D eigenvalue weighted by Crippen LogP contribution is 2.23. The molecule has 0 radical (unpaired) electrons. The van der Waals surface area contributed by atoms with Gasteiger partial charge in [0.2, 0.25) is 0 Å². The van der Waals surface area contributed by atoms with E-state index < -0.39 is 0 Å². The molecule has 0 amide bonds. The minimum absolute atomic E-state index is 0.387. The molecule has 0 spiro atoms. The molecule has 0 aromatic carbocycles. The summed E-state index contributed by atoms with van der Waals surface area (Å²) in [5.41, 5.74) is 0.775. The zero-order valence-electron chi connectivity index (χ0n) is 9.78. The van der Waals surface area contributed by atoms with Crippen LogP contribution in [0, 0.1) is 10.8 Å². The van der Waals surface area contributed by atoms with Gasteiger partial charge in [-0.2, -0.15) is 0 Å². The van der Waals surface area contributed by atoms with Crippen LogP contribution in [0.2, 0.25) is 0 Å². The van der Waals surface area contributed by atoms with Crippen molar-refractivity contribution in [1.29, 1.82) is 0 Å². The fraction of sp³-hybridized carbons (Fsp3) is 0.909. The van der Waals surface area contributed by atoms with Crippen LogP contribution in [-0.4, -0.2) is 36.7 Å². The van der Waals surface area contributed by atoms with Crippen LogP contribution in [0.1, 0.15) is 27.7 Å². The molecular formula is C11H22N3+. The van der Waals surface area contributed by atoms with Gasteiger partial charge >= 0.3 is 5.96 Å². The maximum Gasteiger partial charge on any atom is 0.345 e. The molecule has 0 unspecified atom stereocenters. The van der Waals surface area contributed by atoms with Crippen LogP contribution in [0.3, 0.4) is 0 Å². The molecule has 2 rings (SSSR count). The van der Waals surface area contributed by atoms with E-state index >= 15 is 0 Å². The summed E-state index contributed by atoms with van der Waals surface area (Å²) in [6, 6.07) is 0. The average Bonchev–Trinajstić information content (AvgIpc) is 1.99. The fourth-order valence-corrected chi connectivity index (χ4v) is 2.29. The normalized spacial score (nSPS) is 28.9. The minimum Gasteiger partial charge on any atom is -0.277 e. The van der Waals surface area contributed by atoms with E-state index in [1.165, 1.54) is 5.96 Å². The summed E-state index contributed by atoms with van der Waals surface area (Å²) in [5.74, 6) is 1.24. The number of hydrogen-bond acceptors (Lipinski definition) is 2. The van der Waals surface area contributed by atoms with Crippen LogP contribution >= 0.6 is 0 Å². The first-order chi connectivity index (χ1) is 6.38. The van der Waals surface area contributed by atoms with Crippen LogP contribution in [0.5, 0.6) is 0 Å². The lowest BCUT2D eigenvalue weighted by Crippen LogP contribution is -2.61. The van der Waals surface area contributed by atoms with Crippen molar-refractivity contribution in [2.45, 2.75) is 27.7 Å². The molecular weight excluding hydrogens is 174 g/mol. The molecule has 0 atom stereocenters. The number of hydrogen-bond donors (Lipinski definition) is 2. The van der Waals surface area contributed by atoms with Gasteiger partial charge in [0.15, 0.2) is 0 Å². The zero-order valence-corrected chi connectivity index (χ0v) is 9.78. The molecule has 0 aliphatic carbocycles. The molecule has 3 nitrogen and oxygen atoms in total. The van der Waals surface area contributed by atoms with E-state index in [0.717, 1.165) is 26.2 Å². The van der Waals surface area contributed by atoms with Gasteiger partial charge in [-0.3, -0.25) is 15.2 Å². The Bertz CT molecular complexity index is 250. The Hall–Kier alpha value is -0.730. The highest BCUT2D eigenvalue weighted by atomic mass is 15.3. The molecule has 2 heterocycles. The van der Waals surface area contributed by atoms with Crippen molar-refractivity contribution in [2.24, 2.45) is 10.8 Å². The van der Waals surface area contributed by atoms with Gasteiger partial charge < -0.3 is 0 Å². The molecule has 0 bridgehead atoms. The van der Waals surface area contributed by atoms with Crippen molar-refractivity contribution in [3.8, 4) is 0 Å². The van der Waals surface area contributed by atoms with E-state index in [2.05, 4.69) is 42.9 Å². The molecule has 3 heteroatoms. The van der Waals surface area contributed by atoms with Gasteiger partial charge in [0, 0.05) is 10.8 Å². The summed E-state index contributed by atoms with van der Waals surface area (Å²) in [4.78, 5) is 0. The number of rotatable bonds is 0. The van der Waals surface area contributed by atoms with Gasteiger partial charge in [0.25, 0.3) is 0 Å². The summed E-state index contributed by atoms with van der Waals surface area (Å²) in [6.07, 6.45) is 0. The van der Waals surface area contributed by atoms with E-state index in [0.29, 0.717) is 10.8 Å². The highest BCUT2D eigenvalue weighted by molar-refractivity contribution is 5.75. The van der Waals surface area contributed by atoms with Crippen LogP contribution < -0.4 is 10.6 Å². The summed E-state index contributed by atoms with van der Waals surface area (Å²) in [6.45, 7) is 13.7. The van der Waals surface area contributed by atoms with Crippen molar-refractivity contribution in [3.63, 3.8) is 0 Å². The predicted molar refractivity (Wildman–Crippen MR) is 58.6 cm³/mol. The van der Waals surface area contributed by atoms with Crippen LogP contribution in [0.25, 0.3) is 0 Å². The SMILES string of the molecule is CC1(C)CNC2=[N+](C1)CC(C)(C)CN2. The number of nitrogens with one attached hydrogen (secondary N) is 2. The van der Waals surface area contributed by atoms with Gasteiger partial charge in [-0.25, -0.2) is 0 Å². The second kappa shape index (κ2) is 2.88. The molecule has 2 aliphatic rings. The molecule has 0 aromatic rings. The maximum atomic E-state index is 3.48. The topological polar surface area (TPSA) is 27.1 Å². The quantitative estimate of drug-likeness (QED) is 0.556. The third kappa shape index (κ3) is 1.86. The van der Waals surface area contributed by atoms with E-state index in [1.807, 2.05) is 0 Å². The molecule has 0 aromatic heterocycles. The smallest absolute Gasteiger partial charge is 0.277 e. The second-order valence-corrected chi connectivity index (χ2v) is 6.24. The Kier molecular flexibility index (Phi) is 2.02. The molecule has 14 heavy (non-hydrogen) atoms. The monoisotopic (exact) mass is 196 g/mol. The molecule has 80 valence electrons. The lowest BCUT2D eigenvalue weighted by atomic mass is 9.87. The molecule has 0 saturated carbocycles. The van der Waals surface area contributed by atoms with Crippen molar-refractivity contribution in [1.82, 2.24) is 10.6 Å². The Labute approximate surface area is 86.6 Å². The highest BCUT2D eigenvalue weighted by Gasteiger charge is 2.37. The summed E-state index contributed by atoms with van der Waals surface area (Å²) in [5, 5.41) is 6.96. The first-order valence-corrected chi connectivity index (χ1v) is 5.48. The van der Waals surface area contributed by atoms with Crippen LogP contribution in [-0.2, 0) is 0 Å². The van der Waals surface area contributed by atoms with Crippen LogP contribution in [0.15, 0.2) is 0 Å². The van der Waals surface area contributed by atoms with Gasteiger partial charge in [0.05, 0.1) is 26.2 Å². The van der Waals surface area contributed by atoms with E-state index in [1.54, 1.807) is 0 Å². The maximum absolute atomic E-state index is 3.48. The van der Waals surface area contributed by atoms with Gasteiger partial charge in [-0.15, -0.1) is 0 Å². The van der Waals surface area contributed by atoms with Crippen LogP contribution in [0.4, 0.5) is 0 Å². The predicted octanol–water partition coefficient (Wildman–Crippen LogP) is 0.614. The minimum atomic E-state index is 0.387. The Morgan fingerprint density at radius 2 is 1.36 bits per heavy atom. The Morgan fingerprint density at radius 3 is 1.79 bits per heavy atom. The number of guanidine groups is 1. The first-order valence-electron chi connectivity index (χ1n) is 5.48. The first kappa shape index (κ1) is 9.81. The van der Waals surface area contributed by atoms with E-state index in [4.69, 9.17) is 0 Å². The van der Waals surface area contributed by atoms with Crippen molar-refractivity contribution in [3.05, 3.63) is 0 Å². The Morgan fingerprint density at radius 1 is 0.929 bits per heavy atom. The molecule has 0 saturated heterocycles. The summed E-state index contributed by atoms with van der Waals surface area (Å²) in [7, 11) is 0. The summed E-state index contributed by atoms with van der Waals surface area (Å²) >= 11 is 0. The summed E-state index contributed by atoms with van der Waals surface area (Å²) < 4.78 is 2.45. The van der Waals surface area contributed by atoms with E-state index in [-0.39, 0.29) is 0 Å². The fourth-order valence-electron chi connectivity index (χ4n) is 2.29. The standard InChI is InChI=1S/C11H21N3/c1-10(2)5-12-9-13-6-11(3,4)8-14(9)7-10/h5-8H2,1-4H3,(H,12,13)/p+1. The number of nitrogens with zero attached hydrogens (tertiary/aromatic N) is 1. The second-order valence-electron chi connectivity index (χ2n) is 6.24. The lowest BCUT2D eigenvalue weighted by molar-refractivity contribution is -0.566. The van der Waals surface area contributed by atoms with Crippen molar-refractivity contribution >= 4 is 5.96 Å². The zero-order chi connectivity index (χ0) is 10.4. The molecule has 2 N–H and O–H groups in total. The molecule has 0 fully saturated rings. The molecule has 2 aliphatic heterocycles. The third-order valence-corrected chi connectivity index (χ3v) is 3.02. The van der Waals surface area contributed by atoms with Crippen molar-refractivity contribution in [2.75, 3.05) is 26.2 Å². The van der Waals surface area contributed by atoms with E-state index in [9.17, 15) is 0 Å². The third-order valence-electron chi connectivity index (χ3n) is 3.02. The van der Waals surface area contributed by atoms with Gasteiger partial charge in [0.1, 0.15) is 0 Å². The van der Waals surface area contributed by atoms with Gasteiger partial charge in [-0.1, -0.05) is 27.7 Å². The van der Waals surface area contributed by atoms with Crippen molar-refractivity contribution < 1.29 is 4.58 Å². The van der Waals surface area contributed by atoms with Gasteiger partial charge in [-0.05, 0) is 0 Å². The largest absolute Gasteiger partial charge is 0.345 e. The lowest BCUT2D eigenvalue weighted by Gasteiger charge is -2.38. The Balaban J connectivity index is 2.19. The average molecular weight is 196 g/mol.